The Labute approximate surface area is 229 Å². The highest BCUT2D eigenvalue weighted by Gasteiger charge is 2.13. The van der Waals surface area contributed by atoms with Gasteiger partial charge < -0.3 is 25.1 Å². The van der Waals surface area contributed by atoms with Crippen LogP contribution in [0.1, 0.15) is 17.0 Å². The highest BCUT2D eigenvalue weighted by atomic mass is 35.5. The quantitative estimate of drug-likeness (QED) is 0.137. The van der Waals surface area contributed by atoms with E-state index in [1.807, 2.05) is 26.1 Å². The zero-order valence-electron chi connectivity index (χ0n) is 21.3. The van der Waals surface area contributed by atoms with Crippen LogP contribution in [0.5, 0.6) is 11.5 Å². The van der Waals surface area contributed by atoms with Gasteiger partial charge in [0.05, 0.1) is 24.9 Å². The summed E-state index contributed by atoms with van der Waals surface area (Å²) in [5.41, 5.74) is 3.97. The molecule has 4 N–H and O–H groups in total. The molecule has 198 valence electrons. The van der Waals surface area contributed by atoms with Crippen LogP contribution in [0.4, 0.5) is 16.0 Å². The number of aryl methyl sites for hydroxylation is 2. The minimum absolute atomic E-state index is 0.234. The Balaban J connectivity index is 1.55. The molecule has 0 saturated carbocycles. The first-order valence-electron chi connectivity index (χ1n) is 11.6. The Morgan fingerprint density at radius 1 is 1.05 bits per heavy atom. The van der Waals surface area contributed by atoms with E-state index in [1.165, 1.54) is 26.4 Å². The number of benzene rings is 2. The van der Waals surface area contributed by atoms with E-state index in [-0.39, 0.29) is 10.9 Å². The van der Waals surface area contributed by atoms with Gasteiger partial charge in [-0.15, -0.1) is 0 Å². The van der Waals surface area contributed by atoms with E-state index < -0.39 is 0 Å². The molecule has 9 nitrogen and oxygen atoms in total. The summed E-state index contributed by atoms with van der Waals surface area (Å²) in [6, 6.07) is 9.84. The van der Waals surface area contributed by atoms with E-state index in [0.29, 0.717) is 47.1 Å². The lowest BCUT2D eigenvalue weighted by atomic mass is 10.1. The van der Waals surface area contributed by atoms with Crippen LogP contribution in [0.15, 0.2) is 47.6 Å². The third-order valence-electron chi connectivity index (χ3n) is 5.55. The maximum absolute atomic E-state index is 13.8. The lowest BCUT2D eigenvalue weighted by Gasteiger charge is -2.17. The minimum atomic E-state index is -0.288. The van der Waals surface area contributed by atoms with Crippen molar-refractivity contribution in [1.82, 2.24) is 20.3 Å². The molecule has 38 heavy (non-hydrogen) atoms. The molecule has 0 radical (unpaired) electrons. The van der Waals surface area contributed by atoms with Crippen LogP contribution < -0.4 is 25.4 Å². The standard InChI is InChI=1S/C26H27ClFN7O2S/c1-14-9-15(2)32-25(31-14)34-24(29-8-7-16-13-30-20-6-5-17(28)10-18(16)20)35-26(38)33-21-12-22(36-3)19(27)11-23(21)37-4/h5-6,9-13,30H,7-8H2,1-4H3,(H3,29,31,32,33,34,35,38). The molecule has 2 aromatic heterocycles. The number of H-pyrrole nitrogens is 1. The van der Waals surface area contributed by atoms with Crippen molar-refractivity contribution in [3.05, 3.63) is 70.4 Å². The molecular formula is C26H27ClFN7O2S. The molecule has 0 saturated heterocycles. The number of nitrogens with one attached hydrogen (secondary N) is 4. The summed E-state index contributed by atoms with van der Waals surface area (Å²) in [7, 11) is 3.05. The van der Waals surface area contributed by atoms with Crippen molar-refractivity contribution in [2.75, 3.05) is 31.4 Å². The average molecular weight is 556 g/mol. The number of rotatable bonds is 7. The zero-order valence-corrected chi connectivity index (χ0v) is 22.9. The Hall–Kier alpha value is -3.96. The van der Waals surface area contributed by atoms with Crippen molar-refractivity contribution in [1.29, 1.82) is 0 Å². The number of anilines is 2. The number of hydrogen-bond acceptors (Lipinski definition) is 6. The summed E-state index contributed by atoms with van der Waals surface area (Å²) in [5, 5.41) is 10.7. The summed E-state index contributed by atoms with van der Waals surface area (Å²) in [6.07, 6.45) is 2.42. The first-order chi connectivity index (χ1) is 18.2. The summed E-state index contributed by atoms with van der Waals surface area (Å²) >= 11 is 11.8. The number of guanidine groups is 1. The van der Waals surface area contributed by atoms with Crippen molar-refractivity contribution in [2.45, 2.75) is 20.3 Å². The molecule has 0 unspecified atom stereocenters. The van der Waals surface area contributed by atoms with Crippen molar-refractivity contribution in [3.63, 3.8) is 0 Å². The van der Waals surface area contributed by atoms with Gasteiger partial charge in [0.1, 0.15) is 17.3 Å². The van der Waals surface area contributed by atoms with Gasteiger partial charge in [0.15, 0.2) is 5.11 Å². The smallest absolute Gasteiger partial charge is 0.229 e. The lowest BCUT2D eigenvalue weighted by molar-refractivity contribution is 0.405. The Bertz CT molecular complexity index is 1490. The van der Waals surface area contributed by atoms with E-state index in [4.69, 9.17) is 33.3 Å². The van der Waals surface area contributed by atoms with Crippen molar-refractivity contribution in [2.24, 2.45) is 4.99 Å². The zero-order chi connectivity index (χ0) is 27.2. The number of aromatic amines is 1. The summed E-state index contributed by atoms with van der Waals surface area (Å²) < 4.78 is 24.5. The second kappa shape index (κ2) is 12.1. The van der Waals surface area contributed by atoms with Gasteiger partial charge in [0.25, 0.3) is 0 Å². The fraction of sp³-hybridized carbons (Fsp3) is 0.231. The van der Waals surface area contributed by atoms with Crippen LogP contribution in [0.3, 0.4) is 0 Å². The number of methoxy groups -OCH3 is 2. The molecule has 0 spiro atoms. The molecule has 0 aliphatic rings. The van der Waals surface area contributed by atoms with Crippen molar-refractivity contribution in [3.8, 4) is 11.5 Å². The van der Waals surface area contributed by atoms with E-state index in [1.54, 1.807) is 18.2 Å². The van der Waals surface area contributed by atoms with Crippen LogP contribution >= 0.6 is 23.8 Å². The number of thiocarbonyl (C=S) groups is 1. The molecule has 0 bridgehead atoms. The highest BCUT2D eigenvalue weighted by Crippen LogP contribution is 2.35. The van der Waals surface area contributed by atoms with Crippen LogP contribution in [-0.2, 0) is 6.42 Å². The molecule has 0 aliphatic carbocycles. The number of nitrogens with zero attached hydrogens (tertiary/aromatic N) is 3. The Morgan fingerprint density at radius 3 is 2.50 bits per heavy atom. The molecule has 4 rings (SSSR count). The minimum Gasteiger partial charge on any atom is -0.495 e. The summed E-state index contributed by atoms with van der Waals surface area (Å²) in [6.45, 7) is 4.14. The molecule has 0 amide bonds. The van der Waals surface area contributed by atoms with Gasteiger partial charge in [0, 0.05) is 47.2 Å². The fourth-order valence-corrected chi connectivity index (χ4v) is 4.30. The van der Waals surface area contributed by atoms with E-state index >= 15 is 0 Å². The number of ether oxygens (including phenoxy) is 2. The molecule has 2 aromatic carbocycles. The molecule has 12 heteroatoms. The maximum Gasteiger partial charge on any atom is 0.229 e. The van der Waals surface area contributed by atoms with Crippen molar-refractivity contribution < 1.29 is 13.9 Å². The normalized spacial score (nSPS) is 11.4. The molecule has 2 heterocycles. The first-order valence-corrected chi connectivity index (χ1v) is 12.4. The van der Waals surface area contributed by atoms with Gasteiger partial charge in [-0.2, -0.15) is 0 Å². The Kier molecular flexibility index (Phi) is 8.59. The predicted molar refractivity (Wildman–Crippen MR) is 153 cm³/mol. The second-order valence-corrected chi connectivity index (χ2v) is 9.17. The predicted octanol–water partition coefficient (Wildman–Crippen LogP) is 5.38. The van der Waals surface area contributed by atoms with Crippen LogP contribution in [0.25, 0.3) is 10.9 Å². The third kappa shape index (κ3) is 6.67. The number of aromatic nitrogens is 3. The number of halogens is 2. The molecular weight excluding hydrogens is 529 g/mol. The second-order valence-electron chi connectivity index (χ2n) is 8.35. The number of hydrogen-bond donors (Lipinski definition) is 4. The van der Waals surface area contributed by atoms with Gasteiger partial charge >= 0.3 is 0 Å². The first kappa shape index (κ1) is 27.1. The van der Waals surface area contributed by atoms with Gasteiger partial charge in [-0.05, 0) is 62.3 Å². The number of aliphatic imine (C=N–C) groups is 1. The average Bonchev–Trinajstić information content (AvgIpc) is 3.26. The molecule has 0 aliphatic heterocycles. The third-order valence-corrected chi connectivity index (χ3v) is 6.05. The van der Waals surface area contributed by atoms with Crippen LogP contribution in [0, 0.1) is 19.7 Å². The van der Waals surface area contributed by atoms with Gasteiger partial charge in [-0.3, -0.25) is 10.3 Å². The van der Waals surface area contributed by atoms with Gasteiger partial charge in [-0.25, -0.2) is 14.4 Å². The van der Waals surface area contributed by atoms with E-state index in [0.717, 1.165) is 27.9 Å². The largest absolute Gasteiger partial charge is 0.495 e. The molecule has 0 fully saturated rings. The van der Waals surface area contributed by atoms with Crippen molar-refractivity contribution >= 4 is 57.4 Å². The topological polar surface area (TPSA) is 108 Å². The maximum atomic E-state index is 13.8. The Morgan fingerprint density at radius 2 is 1.79 bits per heavy atom. The molecule has 4 aromatic rings. The molecule has 0 atom stereocenters. The highest BCUT2D eigenvalue weighted by molar-refractivity contribution is 7.80. The summed E-state index contributed by atoms with van der Waals surface area (Å²) in [5.74, 6) is 1.36. The van der Waals surface area contributed by atoms with E-state index in [2.05, 4.69) is 35.9 Å². The van der Waals surface area contributed by atoms with Gasteiger partial charge in [0.2, 0.25) is 11.9 Å². The van der Waals surface area contributed by atoms with Gasteiger partial charge in [-0.1, -0.05) is 11.6 Å². The van der Waals surface area contributed by atoms with E-state index in [9.17, 15) is 4.39 Å². The monoisotopic (exact) mass is 555 g/mol. The lowest BCUT2D eigenvalue weighted by Crippen LogP contribution is -2.39. The summed E-state index contributed by atoms with van der Waals surface area (Å²) in [4.78, 5) is 16.7. The fourth-order valence-electron chi connectivity index (χ4n) is 3.86. The van der Waals surface area contributed by atoms with Crippen LogP contribution in [0.2, 0.25) is 5.02 Å². The van der Waals surface area contributed by atoms with Crippen LogP contribution in [-0.4, -0.2) is 46.8 Å². The number of fused-ring (bicyclic) bond motifs is 1. The SMILES string of the molecule is COc1cc(NC(=S)NC(=NCCc2c[nH]c3ccc(F)cc23)Nc2nc(C)cc(C)n2)c(OC)cc1Cl.